The Morgan fingerprint density at radius 1 is 1.20 bits per heavy atom. The summed E-state index contributed by atoms with van der Waals surface area (Å²) >= 11 is 0. The van der Waals surface area contributed by atoms with E-state index in [1.807, 2.05) is 0 Å². The fourth-order valence-electron chi connectivity index (χ4n) is 2.40. The highest BCUT2D eigenvalue weighted by atomic mass is 19.1. The van der Waals surface area contributed by atoms with Crippen LogP contribution >= 0.6 is 0 Å². The first-order valence-corrected chi connectivity index (χ1v) is 7.82. The van der Waals surface area contributed by atoms with Gasteiger partial charge in [0.05, 0.1) is 23.9 Å². The maximum absolute atomic E-state index is 13.9. The monoisotopic (exact) mass is 340 g/mol. The zero-order chi connectivity index (χ0) is 17.8. The minimum absolute atomic E-state index is 0.162. The van der Waals surface area contributed by atoms with E-state index in [9.17, 15) is 9.18 Å². The fourth-order valence-corrected chi connectivity index (χ4v) is 2.40. The summed E-state index contributed by atoms with van der Waals surface area (Å²) in [6, 6.07) is 12.7. The molecule has 128 valence electrons. The third kappa shape index (κ3) is 3.59. The van der Waals surface area contributed by atoms with E-state index in [-0.39, 0.29) is 30.2 Å². The highest BCUT2D eigenvalue weighted by molar-refractivity contribution is 6.00. The summed E-state index contributed by atoms with van der Waals surface area (Å²) in [5.74, 6) is -0.247. The zero-order valence-electron chi connectivity index (χ0n) is 13.6. The maximum atomic E-state index is 13.9. The summed E-state index contributed by atoms with van der Waals surface area (Å²) in [4.78, 5) is 16.6. The van der Waals surface area contributed by atoms with E-state index in [0.717, 1.165) is 0 Å². The van der Waals surface area contributed by atoms with Gasteiger partial charge < -0.3 is 14.8 Å². The largest absolute Gasteiger partial charge is 0.436 e. The Labute approximate surface area is 144 Å². The average molecular weight is 340 g/mol. The molecule has 0 saturated heterocycles. The molecule has 0 unspecified atom stereocenters. The van der Waals surface area contributed by atoms with Gasteiger partial charge in [0, 0.05) is 11.6 Å². The third-order valence-electron chi connectivity index (χ3n) is 3.70. The minimum Gasteiger partial charge on any atom is -0.436 e. The van der Waals surface area contributed by atoms with E-state index in [1.165, 1.54) is 12.3 Å². The molecule has 0 saturated carbocycles. The van der Waals surface area contributed by atoms with Crippen molar-refractivity contribution in [2.45, 2.75) is 13.0 Å². The summed E-state index contributed by atoms with van der Waals surface area (Å²) < 4.78 is 19.6. The highest BCUT2D eigenvalue weighted by Gasteiger charge is 2.18. The van der Waals surface area contributed by atoms with Crippen molar-refractivity contribution in [3.8, 4) is 22.8 Å². The van der Waals surface area contributed by atoms with Gasteiger partial charge in [0.1, 0.15) is 5.82 Å². The second kappa shape index (κ2) is 7.27. The molecule has 3 aromatic rings. The van der Waals surface area contributed by atoms with Gasteiger partial charge in [-0.05, 0) is 31.2 Å². The number of aliphatic hydroxyl groups is 1. The lowest BCUT2D eigenvalue weighted by Crippen LogP contribution is -2.35. The number of oxazole rings is 1. The molecule has 0 fully saturated rings. The normalized spacial score (nSPS) is 12.0. The summed E-state index contributed by atoms with van der Waals surface area (Å²) in [7, 11) is 0. The van der Waals surface area contributed by atoms with Gasteiger partial charge in [0.25, 0.3) is 5.91 Å². The third-order valence-corrected chi connectivity index (χ3v) is 3.70. The fraction of sp³-hybridized carbons (Fsp3) is 0.158. The highest BCUT2D eigenvalue weighted by Crippen LogP contribution is 2.29. The molecular formula is C19H17FN2O3. The molecule has 0 aliphatic carbocycles. The molecule has 3 rings (SSSR count). The van der Waals surface area contributed by atoms with Gasteiger partial charge in [-0.15, -0.1) is 0 Å². The molecule has 1 heterocycles. The Morgan fingerprint density at radius 2 is 1.88 bits per heavy atom. The van der Waals surface area contributed by atoms with Gasteiger partial charge >= 0.3 is 0 Å². The standard InChI is InChI=1S/C19H17FN2O3/c1-12(11-23)22-18(24)13-6-2-3-7-14(13)19-21-10-17(25-19)15-8-4-5-9-16(15)20/h2-10,12,23H,11H2,1H3,(H,22,24)/t12-/m0/s1. The van der Waals surface area contributed by atoms with Crippen molar-refractivity contribution >= 4 is 5.91 Å². The van der Waals surface area contributed by atoms with Crippen LogP contribution in [0, 0.1) is 5.82 Å². The minimum atomic E-state index is -0.409. The van der Waals surface area contributed by atoms with Crippen LogP contribution in [0.15, 0.2) is 59.1 Å². The molecule has 1 amide bonds. The van der Waals surface area contributed by atoms with E-state index in [2.05, 4.69) is 10.3 Å². The number of rotatable bonds is 5. The summed E-state index contributed by atoms with van der Waals surface area (Å²) in [6.07, 6.45) is 1.43. The molecule has 1 aromatic heterocycles. The number of amides is 1. The van der Waals surface area contributed by atoms with E-state index < -0.39 is 5.82 Å². The van der Waals surface area contributed by atoms with E-state index in [1.54, 1.807) is 49.4 Å². The van der Waals surface area contributed by atoms with Gasteiger partial charge in [0.2, 0.25) is 5.89 Å². The average Bonchev–Trinajstić information content (AvgIpc) is 3.11. The Balaban J connectivity index is 1.96. The van der Waals surface area contributed by atoms with Gasteiger partial charge in [-0.3, -0.25) is 4.79 Å². The molecule has 5 nitrogen and oxygen atoms in total. The predicted octanol–water partition coefficient (Wildman–Crippen LogP) is 3.26. The molecule has 0 radical (unpaired) electrons. The van der Waals surface area contributed by atoms with Crippen LogP contribution in [0.4, 0.5) is 4.39 Å². The molecular weight excluding hydrogens is 323 g/mol. The van der Waals surface area contributed by atoms with Crippen molar-refractivity contribution < 1.29 is 18.7 Å². The van der Waals surface area contributed by atoms with Crippen molar-refractivity contribution in [2.75, 3.05) is 6.61 Å². The number of hydrogen-bond donors (Lipinski definition) is 2. The molecule has 0 aliphatic rings. The van der Waals surface area contributed by atoms with Gasteiger partial charge in [0.15, 0.2) is 5.76 Å². The van der Waals surface area contributed by atoms with Crippen molar-refractivity contribution in [3.05, 3.63) is 66.1 Å². The lowest BCUT2D eigenvalue weighted by Gasteiger charge is -2.12. The van der Waals surface area contributed by atoms with Crippen LogP contribution in [-0.2, 0) is 0 Å². The second-order valence-corrected chi connectivity index (χ2v) is 5.61. The maximum Gasteiger partial charge on any atom is 0.252 e. The Bertz CT molecular complexity index is 892. The van der Waals surface area contributed by atoms with E-state index >= 15 is 0 Å². The Hall–Kier alpha value is -2.99. The first-order chi connectivity index (χ1) is 12.1. The molecule has 6 heteroatoms. The SMILES string of the molecule is C[C@@H](CO)NC(=O)c1ccccc1-c1ncc(-c2ccccc2F)o1. The molecule has 0 aliphatic heterocycles. The van der Waals surface area contributed by atoms with Crippen LogP contribution in [0.1, 0.15) is 17.3 Å². The Kier molecular flexibility index (Phi) is 4.90. The van der Waals surface area contributed by atoms with Crippen molar-refractivity contribution in [3.63, 3.8) is 0 Å². The van der Waals surface area contributed by atoms with Gasteiger partial charge in [-0.2, -0.15) is 0 Å². The summed E-state index contributed by atoms with van der Waals surface area (Å²) in [5, 5.41) is 11.8. The van der Waals surface area contributed by atoms with E-state index in [4.69, 9.17) is 9.52 Å². The number of carbonyl (C=O) groups is 1. The Morgan fingerprint density at radius 3 is 2.60 bits per heavy atom. The number of nitrogens with zero attached hydrogens (tertiary/aromatic N) is 1. The summed E-state index contributed by atoms with van der Waals surface area (Å²) in [5.41, 5.74) is 1.16. The number of halogens is 1. The number of aromatic nitrogens is 1. The van der Waals surface area contributed by atoms with Crippen LogP contribution in [0.3, 0.4) is 0 Å². The smallest absolute Gasteiger partial charge is 0.252 e. The van der Waals surface area contributed by atoms with Crippen molar-refractivity contribution in [1.82, 2.24) is 10.3 Å². The van der Waals surface area contributed by atoms with Gasteiger partial charge in [-0.1, -0.05) is 24.3 Å². The second-order valence-electron chi connectivity index (χ2n) is 5.61. The molecule has 2 aromatic carbocycles. The van der Waals surface area contributed by atoms with Crippen LogP contribution in [-0.4, -0.2) is 28.6 Å². The van der Waals surface area contributed by atoms with Crippen LogP contribution in [0.2, 0.25) is 0 Å². The lowest BCUT2D eigenvalue weighted by atomic mass is 10.1. The topological polar surface area (TPSA) is 75.4 Å². The van der Waals surface area contributed by atoms with Crippen LogP contribution < -0.4 is 5.32 Å². The van der Waals surface area contributed by atoms with E-state index in [0.29, 0.717) is 16.7 Å². The number of nitrogens with one attached hydrogen (secondary N) is 1. The van der Waals surface area contributed by atoms with Crippen LogP contribution in [0.25, 0.3) is 22.8 Å². The molecule has 0 bridgehead atoms. The number of hydrogen-bond acceptors (Lipinski definition) is 4. The first kappa shape index (κ1) is 16.9. The van der Waals surface area contributed by atoms with Crippen molar-refractivity contribution in [2.24, 2.45) is 0 Å². The lowest BCUT2D eigenvalue weighted by molar-refractivity contribution is 0.0922. The van der Waals surface area contributed by atoms with Gasteiger partial charge in [-0.25, -0.2) is 9.37 Å². The van der Waals surface area contributed by atoms with Crippen LogP contribution in [0.5, 0.6) is 0 Å². The molecule has 2 N–H and O–H groups in total. The number of aliphatic hydroxyl groups excluding tert-OH is 1. The first-order valence-electron chi connectivity index (χ1n) is 7.82. The summed E-state index contributed by atoms with van der Waals surface area (Å²) in [6.45, 7) is 1.53. The zero-order valence-corrected chi connectivity index (χ0v) is 13.6. The number of carbonyl (C=O) groups excluding carboxylic acids is 1. The number of benzene rings is 2. The van der Waals surface area contributed by atoms with Crippen molar-refractivity contribution in [1.29, 1.82) is 0 Å². The molecule has 25 heavy (non-hydrogen) atoms. The molecule has 0 spiro atoms. The predicted molar refractivity (Wildman–Crippen MR) is 91.3 cm³/mol. The quantitative estimate of drug-likeness (QED) is 0.747. The molecule has 1 atom stereocenters.